The first-order chi connectivity index (χ1) is 19.8. The second kappa shape index (κ2) is 11.3. The molecule has 10 nitrogen and oxygen atoms in total. The number of amides is 1. The number of rotatable bonds is 2. The number of halogens is 2. The average Bonchev–Trinajstić information content (AvgIpc) is 3.59. The lowest BCUT2D eigenvalue weighted by Gasteiger charge is -2.34. The third-order valence-electron chi connectivity index (χ3n) is 8.50. The number of esters is 1. The van der Waals surface area contributed by atoms with Crippen molar-refractivity contribution < 1.29 is 42.1 Å². The first-order valence-corrected chi connectivity index (χ1v) is 14.3. The molecule has 5 rings (SSSR count). The van der Waals surface area contributed by atoms with Crippen molar-refractivity contribution in [2.45, 2.75) is 71.1 Å². The van der Waals surface area contributed by atoms with Crippen molar-refractivity contribution in [1.29, 1.82) is 0 Å². The summed E-state index contributed by atoms with van der Waals surface area (Å²) in [4.78, 5) is 49.1. The van der Waals surface area contributed by atoms with Crippen molar-refractivity contribution in [2.75, 3.05) is 26.9 Å². The Bertz CT molecular complexity index is 1360. The quantitative estimate of drug-likeness (QED) is 0.379. The van der Waals surface area contributed by atoms with Crippen molar-refractivity contribution in [1.82, 2.24) is 14.9 Å². The van der Waals surface area contributed by atoms with Crippen LogP contribution in [0.25, 0.3) is 11.0 Å². The van der Waals surface area contributed by atoms with Crippen LogP contribution in [0.3, 0.4) is 0 Å². The highest BCUT2D eigenvalue weighted by Gasteiger charge is 2.49. The van der Waals surface area contributed by atoms with E-state index in [4.69, 9.17) is 18.9 Å². The Morgan fingerprint density at radius 2 is 1.88 bits per heavy atom. The maximum atomic E-state index is 15.7. The Labute approximate surface area is 243 Å². The predicted molar refractivity (Wildman–Crippen MR) is 146 cm³/mol. The van der Waals surface area contributed by atoms with Crippen molar-refractivity contribution in [2.24, 2.45) is 23.2 Å². The maximum absolute atomic E-state index is 15.7. The van der Waals surface area contributed by atoms with Gasteiger partial charge in [0.1, 0.15) is 30.9 Å². The van der Waals surface area contributed by atoms with Gasteiger partial charge in [0, 0.05) is 24.5 Å². The normalized spacial score (nSPS) is 30.3. The zero-order chi connectivity index (χ0) is 30.4. The SMILES string of the molecule is COc1ccc2nc3c(nc2c1)O[C@H]1CN(C(=O)[C@H](C(C)(C)C)CC(=O)O[C@@H]2C[C@H]2CCOCC3(F)F)[C@H](C=O)[C@@H]1C. The highest BCUT2D eigenvalue weighted by Crippen LogP contribution is 2.41. The number of ether oxygens (including phenoxy) is 4. The molecule has 1 saturated carbocycles. The number of carbonyl (C=O) groups excluding carboxylic acids is 3. The minimum absolute atomic E-state index is 0.000729. The fraction of sp³-hybridized carbons (Fsp3) is 0.633. The van der Waals surface area contributed by atoms with Crippen LogP contribution in [0.5, 0.6) is 11.6 Å². The molecule has 2 aromatic rings. The van der Waals surface area contributed by atoms with Crippen LogP contribution in [0.4, 0.5) is 8.78 Å². The molecule has 0 N–H and O–H groups in total. The lowest BCUT2D eigenvalue weighted by Crippen LogP contribution is -2.46. The molecule has 2 aliphatic heterocycles. The molecule has 1 amide bonds. The van der Waals surface area contributed by atoms with Crippen LogP contribution in [0.1, 0.15) is 52.7 Å². The van der Waals surface area contributed by atoms with Gasteiger partial charge >= 0.3 is 11.9 Å². The fourth-order valence-electron chi connectivity index (χ4n) is 5.69. The third kappa shape index (κ3) is 6.04. The summed E-state index contributed by atoms with van der Waals surface area (Å²) in [7, 11) is 1.48. The van der Waals surface area contributed by atoms with Gasteiger partial charge in [-0.15, -0.1) is 0 Å². The van der Waals surface area contributed by atoms with Crippen LogP contribution < -0.4 is 9.47 Å². The second-order valence-electron chi connectivity index (χ2n) is 12.6. The molecular weight excluding hydrogens is 552 g/mol. The molecule has 3 aliphatic rings. The first-order valence-electron chi connectivity index (χ1n) is 14.3. The molecule has 0 spiro atoms. The van der Waals surface area contributed by atoms with Crippen LogP contribution in [0, 0.1) is 23.2 Å². The Balaban J connectivity index is 1.55. The van der Waals surface area contributed by atoms with E-state index in [9.17, 15) is 14.4 Å². The third-order valence-corrected chi connectivity index (χ3v) is 8.50. The monoisotopic (exact) mass is 589 g/mol. The van der Waals surface area contributed by atoms with Gasteiger partial charge < -0.3 is 28.6 Å². The molecule has 2 bridgehead atoms. The van der Waals surface area contributed by atoms with E-state index in [0.29, 0.717) is 24.9 Å². The van der Waals surface area contributed by atoms with Gasteiger partial charge in [-0.3, -0.25) is 9.59 Å². The van der Waals surface area contributed by atoms with E-state index < -0.39 is 65.4 Å². The second-order valence-corrected chi connectivity index (χ2v) is 12.6. The van der Waals surface area contributed by atoms with Crippen LogP contribution in [-0.2, 0) is 29.8 Å². The smallest absolute Gasteiger partial charge is 0.317 e. The maximum Gasteiger partial charge on any atom is 0.317 e. The summed E-state index contributed by atoms with van der Waals surface area (Å²) in [5, 5.41) is 0. The largest absolute Gasteiger partial charge is 0.497 e. The van der Waals surface area contributed by atoms with E-state index in [1.807, 2.05) is 20.8 Å². The number of aromatic nitrogens is 2. The molecule has 12 heteroatoms. The number of carbonyl (C=O) groups is 3. The van der Waals surface area contributed by atoms with E-state index >= 15 is 8.78 Å². The molecule has 1 saturated heterocycles. The first kappa shape index (κ1) is 30.1. The minimum Gasteiger partial charge on any atom is -0.497 e. The molecule has 1 aromatic carbocycles. The minimum atomic E-state index is -3.56. The number of hydrogen-bond acceptors (Lipinski definition) is 9. The highest BCUT2D eigenvalue weighted by molar-refractivity contribution is 5.87. The van der Waals surface area contributed by atoms with Gasteiger partial charge in [-0.1, -0.05) is 27.7 Å². The van der Waals surface area contributed by atoms with E-state index in [-0.39, 0.29) is 42.6 Å². The Morgan fingerprint density at radius 1 is 1.12 bits per heavy atom. The van der Waals surface area contributed by atoms with Crippen LogP contribution in [-0.4, -0.2) is 78.1 Å². The Kier molecular flexibility index (Phi) is 8.12. The van der Waals surface area contributed by atoms with Crippen molar-refractivity contribution in [3.8, 4) is 11.6 Å². The predicted octanol–water partition coefficient (Wildman–Crippen LogP) is 3.93. The number of fused-ring (bicyclic) bond motifs is 5. The van der Waals surface area contributed by atoms with Gasteiger partial charge in [0.15, 0.2) is 5.69 Å². The Hall–Kier alpha value is -3.41. The number of aldehydes is 1. The van der Waals surface area contributed by atoms with E-state index in [1.165, 1.54) is 18.1 Å². The zero-order valence-electron chi connectivity index (χ0n) is 24.5. The topological polar surface area (TPSA) is 117 Å². The number of methoxy groups -OCH3 is 1. The summed E-state index contributed by atoms with van der Waals surface area (Å²) >= 11 is 0. The molecule has 2 fully saturated rings. The summed E-state index contributed by atoms with van der Waals surface area (Å²) < 4.78 is 53.7. The van der Waals surface area contributed by atoms with Gasteiger partial charge in [0.25, 0.3) is 0 Å². The fourth-order valence-corrected chi connectivity index (χ4v) is 5.69. The molecule has 42 heavy (non-hydrogen) atoms. The number of hydrogen-bond donors (Lipinski definition) is 0. The lowest BCUT2D eigenvalue weighted by atomic mass is 9.77. The molecule has 228 valence electrons. The summed E-state index contributed by atoms with van der Waals surface area (Å²) in [6.45, 7) is 6.29. The van der Waals surface area contributed by atoms with Crippen molar-refractivity contribution >= 4 is 29.2 Å². The molecule has 6 atom stereocenters. The van der Waals surface area contributed by atoms with E-state index in [0.717, 1.165) is 0 Å². The summed E-state index contributed by atoms with van der Waals surface area (Å²) in [5.74, 6) is -5.73. The number of alkyl halides is 2. The van der Waals surface area contributed by atoms with E-state index in [2.05, 4.69) is 9.97 Å². The number of benzene rings is 1. The zero-order valence-corrected chi connectivity index (χ0v) is 24.5. The Morgan fingerprint density at radius 3 is 2.57 bits per heavy atom. The van der Waals surface area contributed by atoms with Crippen molar-refractivity contribution in [3.63, 3.8) is 0 Å². The lowest BCUT2D eigenvalue weighted by molar-refractivity contribution is -0.154. The summed E-state index contributed by atoms with van der Waals surface area (Å²) in [5.41, 5.74) is -0.811. The van der Waals surface area contributed by atoms with Gasteiger partial charge in [-0.25, -0.2) is 9.97 Å². The van der Waals surface area contributed by atoms with Crippen LogP contribution >= 0.6 is 0 Å². The molecule has 3 heterocycles. The van der Waals surface area contributed by atoms with Gasteiger partial charge in [-0.05, 0) is 30.4 Å². The number of nitrogens with zero attached hydrogens (tertiary/aromatic N) is 3. The summed E-state index contributed by atoms with van der Waals surface area (Å²) in [6.07, 6.45) is 0.376. The van der Waals surface area contributed by atoms with Crippen LogP contribution in [0.15, 0.2) is 18.2 Å². The van der Waals surface area contributed by atoms with Gasteiger partial charge in [0.2, 0.25) is 11.8 Å². The molecule has 0 unspecified atom stereocenters. The van der Waals surface area contributed by atoms with Crippen molar-refractivity contribution in [3.05, 3.63) is 23.9 Å². The summed E-state index contributed by atoms with van der Waals surface area (Å²) in [6, 6.07) is 3.81. The standard InChI is InChI=1S/C30H37F2N3O7/c1-16-22(14-36)35-13-24(16)42-27-26(33-20-7-6-18(39-5)11-21(20)34-27)30(31,32)15-40-9-8-17-10-23(17)41-25(37)12-19(28(35)38)29(2,3)4/h6-7,11,14,16-17,19,22-24H,8-10,12-13,15H2,1-5H3/t16-,17+,19+,22+,23+,24-/m0/s1. The van der Waals surface area contributed by atoms with Gasteiger partial charge in [-0.2, -0.15) is 8.78 Å². The van der Waals surface area contributed by atoms with E-state index in [1.54, 1.807) is 19.1 Å². The van der Waals surface area contributed by atoms with Gasteiger partial charge in [0.05, 0.1) is 43.1 Å². The highest BCUT2D eigenvalue weighted by atomic mass is 19.3. The average molecular weight is 590 g/mol. The molecule has 0 radical (unpaired) electrons. The molecule has 1 aliphatic carbocycles. The van der Waals surface area contributed by atoms with Crippen LogP contribution in [0.2, 0.25) is 0 Å². The molecular formula is C30H37F2N3O7. The molecule has 1 aromatic heterocycles.